The molecule has 92 valence electrons. The fraction of sp³-hybridized carbons (Fsp3) is 0.818. The standard InChI is InChI=1S/C11H21N3S2/c1-6-12-9(11(3,4)5)7-15-10-14-13-8(2)16-10/h9,12H,6-7H2,1-5H3. The normalized spacial score (nSPS) is 14.1. The first-order valence-electron chi connectivity index (χ1n) is 5.59. The molecule has 0 spiro atoms. The van der Waals surface area contributed by atoms with Crippen LogP contribution in [0.4, 0.5) is 0 Å². The van der Waals surface area contributed by atoms with E-state index in [1.54, 1.807) is 23.1 Å². The molecule has 0 saturated carbocycles. The van der Waals surface area contributed by atoms with Crippen molar-refractivity contribution in [3.05, 3.63) is 5.01 Å². The predicted octanol–water partition coefficient (Wildman–Crippen LogP) is 2.96. The molecule has 1 atom stereocenters. The largest absolute Gasteiger partial charge is 0.313 e. The minimum absolute atomic E-state index is 0.280. The van der Waals surface area contributed by atoms with Gasteiger partial charge in [-0.15, -0.1) is 10.2 Å². The number of thioether (sulfide) groups is 1. The van der Waals surface area contributed by atoms with Crippen LogP contribution in [0.1, 0.15) is 32.7 Å². The number of aromatic nitrogens is 2. The predicted molar refractivity (Wildman–Crippen MR) is 72.3 cm³/mol. The maximum Gasteiger partial charge on any atom is 0.174 e. The quantitative estimate of drug-likeness (QED) is 0.825. The van der Waals surface area contributed by atoms with Gasteiger partial charge < -0.3 is 5.32 Å². The molecule has 0 aliphatic carbocycles. The molecule has 0 amide bonds. The molecule has 5 heteroatoms. The van der Waals surface area contributed by atoms with E-state index in [9.17, 15) is 0 Å². The van der Waals surface area contributed by atoms with Crippen LogP contribution in [0.3, 0.4) is 0 Å². The second-order valence-electron chi connectivity index (χ2n) is 4.87. The van der Waals surface area contributed by atoms with Crippen LogP contribution in [0.25, 0.3) is 0 Å². The zero-order valence-corrected chi connectivity index (χ0v) is 12.3. The van der Waals surface area contributed by atoms with Crippen LogP contribution in [-0.4, -0.2) is 28.5 Å². The molecule has 16 heavy (non-hydrogen) atoms. The Morgan fingerprint density at radius 2 is 2.06 bits per heavy atom. The number of hydrogen-bond acceptors (Lipinski definition) is 5. The van der Waals surface area contributed by atoms with Gasteiger partial charge in [-0.2, -0.15) is 0 Å². The fourth-order valence-corrected chi connectivity index (χ4v) is 3.60. The minimum Gasteiger partial charge on any atom is -0.313 e. The first-order chi connectivity index (χ1) is 7.43. The SMILES string of the molecule is CCNC(CSc1nnc(C)s1)C(C)(C)C. The lowest BCUT2D eigenvalue weighted by Crippen LogP contribution is -2.42. The highest BCUT2D eigenvalue weighted by Gasteiger charge is 2.24. The molecule has 0 bridgehead atoms. The summed E-state index contributed by atoms with van der Waals surface area (Å²) in [6.45, 7) is 12.0. The Labute approximate surface area is 106 Å². The van der Waals surface area contributed by atoms with E-state index < -0.39 is 0 Å². The molecule has 1 rings (SSSR count). The van der Waals surface area contributed by atoms with Crippen molar-refractivity contribution in [2.45, 2.75) is 45.0 Å². The first kappa shape index (κ1) is 13.9. The average Bonchev–Trinajstić information content (AvgIpc) is 2.57. The smallest absolute Gasteiger partial charge is 0.174 e. The fourth-order valence-electron chi connectivity index (χ4n) is 1.35. The lowest BCUT2D eigenvalue weighted by Gasteiger charge is -2.30. The van der Waals surface area contributed by atoms with E-state index in [0.717, 1.165) is 21.6 Å². The molecule has 1 unspecified atom stereocenters. The van der Waals surface area contributed by atoms with E-state index in [4.69, 9.17) is 0 Å². The van der Waals surface area contributed by atoms with Gasteiger partial charge in [0, 0.05) is 11.8 Å². The van der Waals surface area contributed by atoms with Crippen LogP contribution in [0.15, 0.2) is 4.34 Å². The zero-order chi connectivity index (χ0) is 12.2. The van der Waals surface area contributed by atoms with E-state index in [0.29, 0.717) is 6.04 Å². The molecule has 0 aromatic carbocycles. The van der Waals surface area contributed by atoms with Gasteiger partial charge in [0.1, 0.15) is 5.01 Å². The Kier molecular flexibility index (Phi) is 5.21. The highest BCUT2D eigenvalue weighted by atomic mass is 32.2. The summed E-state index contributed by atoms with van der Waals surface area (Å²) < 4.78 is 1.07. The van der Waals surface area contributed by atoms with Gasteiger partial charge in [0.25, 0.3) is 0 Å². The van der Waals surface area contributed by atoms with Crippen LogP contribution in [0, 0.1) is 12.3 Å². The number of nitrogens with zero attached hydrogens (tertiary/aromatic N) is 2. The maximum atomic E-state index is 4.13. The van der Waals surface area contributed by atoms with Crippen molar-refractivity contribution < 1.29 is 0 Å². The summed E-state index contributed by atoms with van der Waals surface area (Å²) in [4.78, 5) is 0. The molecular weight excluding hydrogens is 238 g/mol. The van der Waals surface area contributed by atoms with Gasteiger partial charge in [-0.1, -0.05) is 50.8 Å². The van der Waals surface area contributed by atoms with Gasteiger partial charge in [0.15, 0.2) is 4.34 Å². The second kappa shape index (κ2) is 5.98. The molecule has 0 saturated heterocycles. The van der Waals surface area contributed by atoms with Crippen molar-refractivity contribution >= 4 is 23.1 Å². The number of nitrogens with one attached hydrogen (secondary N) is 1. The van der Waals surface area contributed by atoms with Crippen LogP contribution in [0.2, 0.25) is 0 Å². The topological polar surface area (TPSA) is 37.8 Å². The van der Waals surface area contributed by atoms with Crippen molar-refractivity contribution in [2.75, 3.05) is 12.3 Å². The Morgan fingerprint density at radius 1 is 1.38 bits per heavy atom. The van der Waals surface area contributed by atoms with Crippen LogP contribution in [-0.2, 0) is 0 Å². The van der Waals surface area contributed by atoms with Gasteiger partial charge in [-0.3, -0.25) is 0 Å². The monoisotopic (exact) mass is 259 g/mol. The minimum atomic E-state index is 0.280. The van der Waals surface area contributed by atoms with E-state index in [2.05, 4.69) is 43.2 Å². The van der Waals surface area contributed by atoms with Crippen LogP contribution < -0.4 is 5.32 Å². The average molecular weight is 259 g/mol. The van der Waals surface area contributed by atoms with Gasteiger partial charge in [0.05, 0.1) is 0 Å². The van der Waals surface area contributed by atoms with Crippen LogP contribution >= 0.6 is 23.1 Å². The third kappa shape index (κ3) is 4.39. The highest BCUT2D eigenvalue weighted by Crippen LogP contribution is 2.28. The Bertz CT molecular complexity index is 317. The number of aryl methyl sites for hydroxylation is 1. The summed E-state index contributed by atoms with van der Waals surface area (Å²) >= 11 is 3.47. The first-order valence-corrected chi connectivity index (χ1v) is 7.40. The molecule has 3 nitrogen and oxygen atoms in total. The van der Waals surface area contributed by atoms with Crippen molar-refractivity contribution in [2.24, 2.45) is 5.41 Å². The lowest BCUT2D eigenvalue weighted by molar-refractivity contribution is 0.295. The van der Waals surface area contributed by atoms with Gasteiger partial charge >= 0.3 is 0 Å². The van der Waals surface area contributed by atoms with E-state index in [1.807, 2.05) is 6.92 Å². The summed E-state index contributed by atoms with van der Waals surface area (Å²) in [6, 6.07) is 0.506. The van der Waals surface area contributed by atoms with Gasteiger partial charge in [0.2, 0.25) is 0 Å². The number of rotatable bonds is 5. The molecule has 1 N–H and O–H groups in total. The lowest BCUT2D eigenvalue weighted by atomic mass is 9.88. The second-order valence-corrected chi connectivity index (χ2v) is 7.32. The van der Waals surface area contributed by atoms with E-state index in [1.165, 1.54) is 0 Å². The Morgan fingerprint density at radius 3 is 2.50 bits per heavy atom. The third-order valence-electron chi connectivity index (χ3n) is 2.38. The molecule has 0 aliphatic heterocycles. The van der Waals surface area contributed by atoms with Crippen molar-refractivity contribution in [1.82, 2.24) is 15.5 Å². The summed E-state index contributed by atoms with van der Waals surface area (Å²) in [5, 5.41) is 12.7. The Hall–Kier alpha value is -0.130. The summed E-state index contributed by atoms with van der Waals surface area (Å²) in [6.07, 6.45) is 0. The summed E-state index contributed by atoms with van der Waals surface area (Å²) in [5.74, 6) is 1.05. The number of hydrogen-bond donors (Lipinski definition) is 1. The molecule has 1 heterocycles. The van der Waals surface area contributed by atoms with Crippen molar-refractivity contribution in [3.8, 4) is 0 Å². The van der Waals surface area contributed by atoms with Crippen LogP contribution in [0.5, 0.6) is 0 Å². The molecule has 0 fully saturated rings. The van der Waals surface area contributed by atoms with Gasteiger partial charge in [-0.05, 0) is 18.9 Å². The zero-order valence-electron chi connectivity index (χ0n) is 10.7. The van der Waals surface area contributed by atoms with Crippen molar-refractivity contribution in [1.29, 1.82) is 0 Å². The third-order valence-corrected chi connectivity index (χ3v) is 4.44. The maximum absolute atomic E-state index is 4.13. The molecule has 1 aromatic rings. The summed E-state index contributed by atoms with van der Waals surface area (Å²) in [5.41, 5.74) is 0.280. The molecular formula is C11H21N3S2. The van der Waals surface area contributed by atoms with Gasteiger partial charge in [-0.25, -0.2) is 0 Å². The highest BCUT2D eigenvalue weighted by molar-refractivity contribution is 8.01. The summed E-state index contributed by atoms with van der Waals surface area (Å²) in [7, 11) is 0. The van der Waals surface area contributed by atoms with E-state index >= 15 is 0 Å². The Balaban J connectivity index is 2.50. The molecule has 0 aliphatic rings. The molecule has 0 radical (unpaired) electrons. The van der Waals surface area contributed by atoms with E-state index in [-0.39, 0.29) is 5.41 Å². The molecule has 1 aromatic heterocycles. The van der Waals surface area contributed by atoms with Crippen molar-refractivity contribution in [3.63, 3.8) is 0 Å².